The number of rotatable bonds is 6. The molecule has 1 N–H and O–H groups in total. The molecule has 0 unspecified atom stereocenters. The average Bonchev–Trinajstić information content (AvgIpc) is 3.19. The number of aryl methyl sites for hydroxylation is 2. The van der Waals surface area contributed by atoms with Gasteiger partial charge in [0.1, 0.15) is 29.3 Å². The van der Waals surface area contributed by atoms with Crippen molar-refractivity contribution in [3.63, 3.8) is 0 Å². The Hall–Kier alpha value is -2.89. The van der Waals surface area contributed by atoms with Gasteiger partial charge < -0.3 is 14.3 Å². The minimum Gasteiger partial charge on any atom is -0.465 e. The standard InChI is InChI=1S/C18H17FN2O3/c1-12-5-7-16(24-12)10-20-17(22)8-6-14-11-23-21-18(14)13-3-2-4-15(19)9-13/h2-5,7,9,11H,6,8,10H2,1H3,(H,20,22). The second-order valence-corrected chi connectivity index (χ2v) is 5.49. The Bertz CT molecular complexity index is 838. The number of benzene rings is 1. The quantitative estimate of drug-likeness (QED) is 0.750. The Kier molecular flexibility index (Phi) is 4.74. The minimum absolute atomic E-state index is 0.101. The highest BCUT2D eigenvalue weighted by Crippen LogP contribution is 2.23. The fourth-order valence-electron chi connectivity index (χ4n) is 2.41. The van der Waals surface area contributed by atoms with Gasteiger partial charge in [-0.1, -0.05) is 17.3 Å². The number of hydrogen-bond acceptors (Lipinski definition) is 4. The smallest absolute Gasteiger partial charge is 0.220 e. The molecule has 2 aromatic heterocycles. The summed E-state index contributed by atoms with van der Waals surface area (Å²) in [4.78, 5) is 12.0. The number of halogens is 1. The Labute approximate surface area is 138 Å². The van der Waals surface area contributed by atoms with Crippen molar-refractivity contribution >= 4 is 5.91 Å². The molecular formula is C18H17FN2O3. The summed E-state index contributed by atoms with van der Waals surface area (Å²) < 4.78 is 23.7. The summed E-state index contributed by atoms with van der Waals surface area (Å²) >= 11 is 0. The Morgan fingerprint density at radius 3 is 2.92 bits per heavy atom. The van der Waals surface area contributed by atoms with E-state index in [4.69, 9.17) is 8.94 Å². The van der Waals surface area contributed by atoms with Crippen molar-refractivity contribution in [3.05, 3.63) is 65.6 Å². The lowest BCUT2D eigenvalue weighted by molar-refractivity contribution is -0.121. The van der Waals surface area contributed by atoms with Crippen molar-refractivity contribution in [2.75, 3.05) is 0 Å². The van der Waals surface area contributed by atoms with Crippen molar-refractivity contribution in [1.29, 1.82) is 0 Å². The maximum Gasteiger partial charge on any atom is 0.220 e. The molecule has 0 saturated carbocycles. The Morgan fingerprint density at radius 2 is 2.17 bits per heavy atom. The van der Waals surface area contributed by atoms with Gasteiger partial charge in [-0.3, -0.25) is 4.79 Å². The van der Waals surface area contributed by atoms with E-state index in [2.05, 4.69) is 10.5 Å². The molecule has 5 nitrogen and oxygen atoms in total. The predicted molar refractivity (Wildman–Crippen MR) is 85.5 cm³/mol. The van der Waals surface area contributed by atoms with Crippen LogP contribution < -0.4 is 5.32 Å². The second kappa shape index (κ2) is 7.12. The topological polar surface area (TPSA) is 68.3 Å². The zero-order valence-electron chi connectivity index (χ0n) is 13.2. The third kappa shape index (κ3) is 3.90. The molecule has 6 heteroatoms. The van der Waals surface area contributed by atoms with E-state index in [0.717, 1.165) is 11.3 Å². The van der Waals surface area contributed by atoms with Crippen molar-refractivity contribution in [2.24, 2.45) is 0 Å². The summed E-state index contributed by atoms with van der Waals surface area (Å²) in [5, 5.41) is 6.71. The highest BCUT2D eigenvalue weighted by molar-refractivity contribution is 5.76. The number of nitrogens with zero attached hydrogens (tertiary/aromatic N) is 1. The zero-order valence-corrected chi connectivity index (χ0v) is 13.2. The SMILES string of the molecule is Cc1ccc(CNC(=O)CCc2conc2-c2cccc(F)c2)o1. The van der Waals surface area contributed by atoms with Crippen LogP contribution in [0.5, 0.6) is 0 Å². The summed E-state index contributed by atoms with van der Waals surface area (Å²) in [6.07, 6.45) is 2.23. The van der Waals surface area contributed by atoms with Crippen LogP contribution in [0.2, 0.25) is 0 Å². The summed E-state index contributed by atoms with van der Waals surface area (Å²) in [5.41, 5.74) is 1.96. The van der Waals surface area contributed by atoms with Gasteiger partial charge in [-0.05, 0) is 37.6 Å². The van der Waals surface area contributed by atoms with E-state index in [1.54, 1.807) is 12.1 Å². The molecule has 0 fully saturated rings. The minimum atomic E-state index is -0.340. The molecule has 124 valence electrons. The normalized spacial score (nSPS) is 10.8. The van der Waals surface area contributed by atoms with E-state index in [1.165, 1.54) is 18.4 Å². The monoisotopic (exact) mass is 328 g/mol. The summed E-state index contributed by atoms with van der Waals surface area (Å²) in [6, 6.07) is 9.81. The summed E-state index contributed by atoms with van der Waals surface area (Å²) in [6.45, 7) is 2.21. The van der Waals surface area contributed by atoms with Crippen LogP contribution in [0, 0.1) is 12.7 Å². The summed E-state index contributed by atoms with van der Waals surface area (Å²) in [5.74, 6) is 1.08. The van der Waals surface area contributed by atoms with Crippen LogP contribution in [-0.2, 0) is 17.8 Å². The first-order valence-electron chi connectivity index (χ1n) is 7.63. The number of hydrogen-bond donors (Lipinski definition) is 1. The van der Waals surface area contributed by atoms with Gasteiger partial charge >= 0.3 is 0 Å². The van der Waals surface area contributed by atoms with Crippen LogP contribution in [0.3, 0.4) is 0 Å². The highest BCUT2D eigenvalue weighted by atomic mass is 19.1. The molecule has 0 saturated heterocycles. The number of carbonyl (C=O) groups is 1. The number of aromatic nitrogens is 1. The lowest BCUT2D eigenvalue weighted by Crippen LogP contribution is -2.22. The molecular weight excluding hydrogens is 311 g/mol. The number of nitrogens with one attached hydrogen (secondary N) is 1. The van der Waals surface area contributed by atoms with Gasteiger partial charge in [0.05, 0.1) is 6.54 Å². The lowest BCUT2D eigenvalue weighted by Gasteiger charge is -2.04. The predicted octanol–water partition coefficient (Wildman–Crippen LogP) is 3.63. The fraction of sp³-hybridized carbons (Fsp3) is 0.222. The third-order valence-corrected chi connectivity index (χ3v) is 3.62. The molecule has 3 rings (SSSR count). The molecule has 3 aromatic rings. The second-order valence-electron chi connectivity index (χ2n) is 5.49. The van der Waals surface area contributed by atoms with Gasteiger partial charge in [0.15, 0.2) is 0 Å². The fourth-order valence-corrected chi connectivity index (χ4v) is 2.41. The van der Waals surface area contributed by atoms with Crippen LogP contribution >= 0.6 is 0 Å². The van der Waals surface area contributed by atoms with Gasteiger partial charge in [-0.2, -0.15) is 0 Å². The maximum absolute atomic E-state index is 13.3. The Balaban J connectivity index is 1.57. The first kappa shape index (κ1) is 16.0. The van der Waals surface area contributed by atoms with E-state index in [-0.39, 0.29) is 18.1 Å². The van der Waals surface area contributed by atoms with Gasteiger partial charge in [-0.15, -0.1) is 0 Å². The molecule has 24 heavy (non-hydrogen) atoms. The average molecular weight is 328 g/mol. The Morgan fingerprint density at radius 1 is 1.29 bits per heavy atom. The van der Waals surface area contributed by atoms with Crippen LogP contribution in [0.25, 0.3) is 11.3 Å². The first-order valence-corrected chi connectivity index (χ1v) is 7.63. The number of furan rings is 1. The molecule has 0 aliphatic rings. The van der Waals surface area contributed by atoms with Crippen LogP contribution in [0.4, 0.5) is 4.39 Å². The van der Waals surface area contributed by atoms with E-state index in [1.807, 2.05) is 19.1 Å². The van der Waals surface area contributed by atoms with E-state index < -0.39 is 0 Å². The van der Waals surface area contributed by atoms with Crippen LogP contribution in [-0.4, -0.2) is 11.1 Å². The van der Waals surface area contributed by atoms with Crippen LogP contribution in [0.15, 0.2) is 51.6 Å². The molecule has 0 bridgehead atoms. The summed E-state index contributed by atoms with van der Waals surface area (Å²) in [7, 11) is 0. The molecule has 0 radical (unpaired) electrons. The van der Waals surface area contributed by atoms with Gasteiger partial charge in [0.2, 0.25) is 5.91 Å². The third-order valence-electron chi connectivity index (χ3n) is 3.62. The van der Waals surface area contributed by atoms with Crippen molar-refractivity contribution < 1.29 is 18.1 Å². The molecule has 0 atom stereocenters. The molecule has 0 aliphatic heterocycles. The zero-order chi connectivity index (χ0) is 16.9. The van der Waals surface area contributed by atoms with Crippen molar-refractivity contribution in [2.45, 2.75) is 26.3 Å². The van der Waals surface area contributed by atoms with E-state index in [0.29, 0.717) is 30.0 Å². The van der Waals surface area contributed by atoms with Gasteiger partial charge in [-0.25, -0.2) is 4.39 Å². The molecule has 2 heterocycles. The molecule has 0 aliphatic carbocycles. The highest BCUT2D eigenvalue weighted by Gasteiger charge is 2.13. The number of carbonyl (C=O) groups excluding carboxylic acids is 1. The van der Waals surface area contributed by atoms with Gasteiger partial charge in [0.25, 0.3) is 0 Å². The van der Waals surface area contributed by atoms with Crippen molar-refractivity contribution in [1.82, 2.24) is 10.5 Å². The lowest BCUT2D eigenvalue weighted by atomic mass is 10.0. The number of amides is 1. The van der Waals surface area contributed by atoms with E-state index in [9.17, 15) is 9.18 Å². The van der Waals surface area contributed by atoms with Gasteiger partial charge in [0, 0.05) is 17.5 Å². The first-order chi connectivity index (χ1) is 11.6. The molecule has 1 amide bonds. The maximum atomic E-state index is 13.3. The molecule has 1 aromatic carbocycles. The van der Waals surface area contributed by atoms with E-state index >= 15 is 0 Å². The van der Waals surface area contributed by atoms with Crippen molar-refractivity contribution in [3.8, 4) is 11.3 Å². The molecule has 0 spiro atoms. The van der Waals surface area contributed by atoms with Crippen LogP contribution in [0.1, 0.15) is 23.5 Å². The largest absolute Gasteiger partial charge is 0.465 e.